The molecule has 4 rings (SSSR count). The Morgan fingerprint density at radius 2 is 1.94 bits per heavy atom. The first-order valence-electron chi connectivity index (χ1n) is 10.7. The van der Waals surface area contributed by atoms with Gasteiger partial charge in [0.05, 0.1) is 37.2 Å². The van der Waals surface area contributed by atoms with E-state index < -0.39 is 11.6 Å². The van der Waals surface area contributed by atoms with Gasteiger partial charge in [-0.05, 0) is 38.5 Å². The largest absolute Gasteiger partial charge is 0.374 e. The molecule has 1 amide bonds. The molecule has 3 aromatic heterocycles. The molecule has 4 aromatic rings. The molecule has 0 radical (unpaired) electrons. The van der Waals surface area contributed by atoms with Crippen molar-refractivity contribution in [3.8, 4) is 0 Å². The van der Waals surface area contributed by atoms with Gasteiger partial charge in [0.15, 0.2) is 11.5 Å². The Bertz CT molecular complexity index is 1230. The number of nitrogens with one attached hydrogen (secondary N) is 1. The smallest absolute Gasteiger partial charge is 0.240 e. The summed E-state index contributed by atoms with van der Waals surface area (Å²) in [4.78, 5) is 12.8. The van der Waals surface area contributed by atoms with Crippen LogP contribution in [0.15, 0.2) is 54.7 Å². The lowest BCUT2D eigenvalue weighted by molar-refractivity contribution is -0.126. The minimum Gasteiger partial charge on any atom is -0.374 e. The van der Waals surface area contributed by atoms with Crippen molar-refractivity contribution in [3.05, 3.63) is 77.5 Å². The number of carbonyl (C=O) groups is 1. The number of fused-ring (bicyclic) bond motifs is 1. The second kappa shape index (κ2) is 9.47. The monoisotopic (exact) mass is 448 g/mol. The van der Waals surface area contributed by atoms with Crippen molar-refractivity contribution in [1.29, 1.82) is 0 Å². The van der Waals surface area contributed by atoms with Gasteiger partial charge in [0.1, 0.15) is 6.04 Å². The zero-order valence-electron chi connectivity index (χ0n) is 19.0. The van der Waals surface area contributed by atoms with Gasteiger partial charge in [-0.25, -0.2) is 4.68 Å². The van der Waals surface area contributed by atoms with Crippen LogP contribution >= 0.6 is 0 Å². The van der Waals surface area contributed by atoms with Crippen LogP contribution in [-0.4, -0.2) is 47.6 Å². The first-order chi connectivity index (χ1) is 15.8. The van der Waals surface area contributed by atoms with Gasteiger partial charge in [-0.2, -0.15) is 0 Å². The van der Waals surface area contributed by atoms with E-state index in [-0.39, 0.29) is 12.5 Å². The summed E-state index contributed by atoms with van der Waals surface area (Å²) in [5, 5.41) is 19.8. The molecule has 0 aliphatic carbocycles. The van der Waals surface area contributed by atoms with Gasteiger partial charge < -0.3 is 15.8 Å². The number of benzene rings is 1. The Kier molecular flexibility index (Phi) is 6.47. The van der Waals surface area contributed by atoms with Gasteiger partial charge in [-0.1, -0.05) is 41.6 Å². The van der Waals surface area contributed by atoms with Crippen molar-refractivity contribution in [2.45, 2.75) is 45.5 Å². The summed E-state index contributed by atoms with van der Waals surface area (Å²) in [5.41, 5.74) is 8.51. The molecule has 3 N–H and O–H groups in total. The molecule has 3 heterocycles. The Hall–Kier alpha value is -3.63. The van der Waals surface area contributed by atoms with Crippen LogP contribution in [0.25, 0.3) is 5.65 Å². The number of aromatic nitrogens is 6. The lowest BCUT2D eigenvalue weighted by Gasteiger charge is -2.24. The van der Waals surface area contributed by atoms with Gasteiger partial charge in [0.25, 0.3) is 0 Å². The number of hydrogen-bond acceptors (Lipinski definition) is 7. The fourth-order valence-electron chi connectivity index (χ4n) is 3.39. The maximum absolute atomic E-state index is 12.8. The van der Waals surface area contributed by atoms with Gasteiger partial charge in [0.2, 0.25) is 5.91 Å². The van der Waals surface area contributed by atoms with Crippen molar-refractivity contribution in [2.24, 2.45) is 5.73 Å². The van der Waals surface area contributed by atoms with Crippen molar-refractivity contribution < 1.29 is 9.53 Å². The fraction of sp³-hybridized carbons (Fsp3) is 0.348. The first-order valence-corrected chi connectivity index (χ1v) is 10.7. The Morgan fingerprint density at radius 1 is 1.15 bits per heavy atom. The number of pyridine rings is 1. The predicted molar refractivity (Wildman–Crippen MR) is 122 cm³/mol. The van der Waals surface area contributed by atoms with E-state index in [4.69, 9.17) is 10.5 Å². The third-order valence-electron chi connectivity index (χ3n) is 5.26. The van der Waals surface area contributed by atoms with Gasteiger partial charge in [0, 0.05) is 5.69 Å². The lowest BCUT2D eigenvalue weighted by atomic mass is 10.1. The average Bonchev–Trinajstić information content (AvgIpc) is 3.40. The summed E-state index contributed by atoms with van der Waals surface area (Å²) < 4.78 is 9.68. The molecule has 10 nitrogen and oxygen atoms in total. The van der Waals surface area contributed by atoms with Gasteiger partial charge in [-0.15, -0.1) is 15.3 Å². The number of hydrogen-bond donors (Lipinski definition) is 2. The molecule has 0 fully saturated rings. The molecule has 0 saturated heterocycles. The van der Waals surface area contributed by atoms with E-state index in [0.717, 1.165) is 17.0 Å². The highest BCUT2D eigenvalue weighted by Crippen LogP contribution is 2.19. The molecule has 33 heavy (non-hydrogen) atoms. The number of rotatable bonds is 9. The van der Waals surface area contributed by atoms with Crippen LogP contribution in [-0.2, 0) is 22.7 Å². The molecular formula is C23H28N8O2. The Labute approximate surface area is 191 Å². The summed E-state index contributed by atoms with van der Waals surface area (Å²) in [6.45, 7) is 6.34. The normalized spacial score (nSPS) is 12.7. The second-order valence-electron chi connectivity index (χ2n) is 8.55. The minimum atomic E-state index is -1.06. The van der Waals surface area contributed by atoms with E-state index in [1.807, 2.05) is 59.9 Å². The molecule has 0 spiro atoms. The lowest BCUT2D eigenvalue weighted by Crippen LogP contribution is -2.51. The Balaban J connectivity index is 1.65. The van der Waals surface area contributed by atoms with Crippen molar-refractivity contribution in [1.82, 2.24) is 34.9 Å². The van der Waals surface area contributed by atoms with Crippen molar-refractivity contribution in [2.75, 3.05) is 6.61 Å². The zero-order chi connectivity index (χ0) is 23.4. The SMILES string of the molecule is Cc1cnnn1Cc1cccc2nnc([C@@H](COCc3ccccc3)NC(=O)C(C)(C)N)n12. The molecule has 10 heteroatoms. The molecule has 172 valence electrons. The number of amides is 1. The van der Waals surface area contributed by atoms with E-state index in [0.29, 0.717) is 24.6 Å². The maximum Gasteiger partial charge on any atom is 0.240 e. The summed E-state index contributed by atoms with van der Waals surface area (Å²) >= 11 is 0. The highest BCUT2D eigenvalue weighted by molar-refractivity contribution is 5.85. The highest BCUT2D eigenvalue weighted by atomic mass is 16.5. The number of carbonyl (C=O) groups excluding carboxylic acids is 1. The minimum absolute atomic E-state index is 0.203. The van der Waals surface area contributed by atoms with Gasteiger partial charge in [-0.3, -0.25) is 9.20 Å². The van der Waals surface area contributed by atoms with Crippen LogP contribution in [0, 0.1) is 6.92 Å². The molecule has 0 saturated carbocycles. The molecule has 1 atom stereocenters. The number of nitrogens with zero attached hydrogens (tertiary/aromatic N) is 6. The van der Waals surface area contributed by atoms with Crippen LogP contribution in [0.3, 0.4) is 0 Å². The van der Waals surface area contributed by atoms with E-state index in [1.54, 1.807) is 24.7 Å². The van der Waals surface area contributed by atoms with Crippen molar-refractivity contribution >= 4 is 11.6 Å². The van der Waals surface area contributed by atoms with E-state index in [1.165, 1.54) is 0 Å². The molecule has 0 aliphatic rings. The summed E-state index contributed by atoms with van der Waals surface area (Å²) in [7, 11) is 0. The molecule has 1 aromatic carbocycles. The summed E-state index contributed by atoms with van der Waals surface area (Å²) in [6.07, 6.45) is 1.71. The van der Waals surface area contributed by atoms with Crippen molar-refractivity contribution in [3.63, 3.8) is 0 Å². The molecule has 0 aliphatic heterocycles. The first kappa shape index (κ1) is 22.6. The fourth-order valence-corrected chi connectivity index (χ4v) is 3.39. The van der Waals surface area contributed by atoms with Crippen LogP contribution in [0.5, 0.6) is 0 Å². The van der Waals surface area contributed by atoms with Crippen LogP contribution in [0.1, 0.15) is 42.7 Å². The summed E-state index contributed by atoms with van der Waals surface area (Å²) in [5.74, 6) is 0.251. The molecule has 0 unspecified atom stereocenters. The van der Waals surface area contributed by atoms with Gasteiger partial charge >= 0.3 is 0 Å². The Morgan fingerprint density at radius 3 is 2.64 bits per heavy atom. The maximum atomic E-state index is 12.8. The quantitative estimate of drug-likeness (QED) is 0.400. The number of ether oxygens (including phenoxy) is 1. The number of aryl methyl sites for hydroxylation is 1. The third-order valence-corrected chi connectivity index (χ3v) is 5.26. The highest BCUT2D eigenvalue weighted by Gasteiger charge is 2.28. The van der Waals surface area contributed by atoms with E-state index in [2.05, 4.69) is 25.8 Å². The predicted octanol–water partition coefficient (Wildman–Crippen LogP) is 1.79. The van der Waals surface area contributed by atoms with Crippen LogP contribution in [0.2, 0.25) is 0 Å². The van der Waals surface area contributed by atoms with E-state index in [9.17, 15) is 4.79 Å². The average molecular weight is 449 g/mol. The zero-order valence-corrected chi connectivity index (χ0v) is 19.0. The molecule has 0 bridgehead atoms. The van der Waals surface area contributed by atoms with Crippen LogP contribution in [0.4, 0.5) is 0 Å². The number of nitrogens with two attached hydrogens (primary N) is 1. The molecular weight excluding hydrogens is 420 g/mol. The topological polar surface area (TPSA) is 125 Å². The summed E-state index contributed by atoms with van der Waals surface area (Å²) in [6, 6.07) is 15.0. The second-order valence-corrected chi connectivity index (χ2v) is 8.55. The van der Waals surface area contributed by atoms with Crippen LogP contribution < -0.4 is 11.1 Å². The third kappa shape index (κ3) is 5.24. The standard InChI is InChI=1S/C23H28N8O2/c1-16-12-25-29-30(16)13-18-10-7-11-20-27-28-21(31(18)20)19(26-22(32)23(2,3)24)15-33-14-17-8-5-4-6-9-17/h4-12,19H,13-15,24H2,1-3H3,(H,26,32)/t19-/m1/s1. The van der Waals surface area contributed by atoms with E-state index >= 15 is 0 Å².